The van der Waals surface area contributed by atoms with Gasteiger partial charge in [-0.15, -0.1) is 0 Å². The van der Waals surface area contributed by atoms with E-state index in [-0.39, 0.29) is 24.7 Å². The zero-order chi connectivity index (χ0) is 19.4. The maximum atomic E-state index is 12.2. The number of anilines is 1. The van der Waals surface area contributed by atoms with Gasteiger partial charge in [0, 0.05) is 29.1 Å². The van der Waals surface area contributed by atoms with E-state index >= 15 is 0 Å². The smallest absolute Gasteiger partial charge is 0.310 e. The molecule has 6 heteroatoms. The molecule has 27 heavy (non-hydrogen) atoms. The first kappa shape index (κ1) is 18.4. The van der Waals surface area contributed by atoms with Crippen LogP contribution < -0.4 is 5.32 Å². The molecule has 2 aromatic carbocycles. The number of hydrogen-bond acceptors (Lipinski definition) is 5. The Morgan fingerprint density at radius 1 is 1.07 bits per heavy atom. The Kier molecular flexibility index (Phi) is 5.35. The van der Waals surface area contributed by atoms with Crippen molar-refractivity contribution in [1.82, 2.24) is 0 Å². The van der Waals surface area contributed by atoms with E-state index in [2.05, 4.69) is 5.32 Å². The minimum Gasteiger partial charge on any atom is -0.464 e. The Bertz CT molecular complexity index is 1000. The standard InChI is InChI=1S/C21H19NO5/c1-13-3-8-18-16(11-26-20(18)9-13)10-21(25)27-12-19(24)15-4-6-17(7-5-15)22-14(2)23/h3-9,11H,10,12H2,1-2H3,(H,22,23). The molecule has 3 rings (SSSR count). The van der Waals surface area contributed by atoms with Crippen LogP contribution >= 0.6 is 0 Å². The van der Waals surface area contributed by atoms with Crippen LogP contribution in [0.1, 0.15) is 28.4 Å². The average molecular weight is 365 g/mol. The summed E-state index contributed by atoms with van der Waals surface area (Å²) in [5.41, 5.74) is 3.51. The average Bonchev–Trinajstić information content (AvgIpc) is 3.01. The van der Waals surface area contributed by atoms with Gasteiger partial charge in [-0.3, -0.25) is 14.4 Å². The molecule has 0 aliphatic heterocycles. The van der Waals surface area contributed by atoms with E-state index in [4.69, 9.17) is 9.15 Å². The molecular weight excluding hydrogens is 346 g/mol. The SMILES string of the molecule is CC(=O)Nc1ccc(C(=O)COC(=O)Cc2coc3cc(C)ccc23)cc1. The lowest BCUT2D eigenvalue weighted by Gasteiger charge is -2.06. The van der Waals surface area contributed by atoms with Crippen molar-refractivity contribution >= 4 is 34.3 Å². The molecule has 6 nitrogen and oxygen atoms in total. The highest BCUT2D eigenvalue weighted by molar-refractivity contribution is 5.99. The van der Waals surface area contributed by atoms with E-state index in [0.717, 1.165) is 16.5 Å². The zero-order valence-electron chi connectivity index (χ0n) is 15.1. The fraction of sp³-hybridized carbons (Fsp3) is 0.190. The van der Waals surface area contributed by atoms with Crippen LogP contribution in [0.4, 0.5) is 5.69 Å². The second-order valence-corrected chi connectivity index (χ2v) is 6.28. The van der Waals surface area contributed by atoms with Crippen molar-refractivity contribution in [2.24, 2.45) is 0 Å². The van der Waals surface area contributed by atoms with Crippen molar-refractivity contribution in [1.29, 1.82) is 0 Å². The largest absolute Gasteiger partial charge is 0.464 e. The third-order valence-corrected chi connectivity index (χ3v) is 4.04. The Balaban J connectivity index is 1.56. The van der Waals surface area contributed by atoms with Crippen LogP contribution in [0.25, 0.3) is 11.0 Å². The fourth-order valence-electron chi connectivity index (χ4n) is 2.71. The number of aryl methyl sites for hydroxylation is 1. The molecule has 1 N–H and O–H groups in total. The number of ether oxygens (including phenoxy) is 1. The monoisotopic (exact) mass is 365 g/mol. The summed E-state index contributed by atoms with van der Waals surface area (Å²) in [7, 11) is 0. The van der Waals surface area contributed by atoms with Gasteiger partial charge in [0.25, 0.3) is 0 Å². The molecule has 0 unspecified atom stereocenters. The fourth-order valence-corrected chi connectivity index (χ4v) is 2.71. The van der Waals surface area contributed by atoms with Gasteiger partial charge in [0.15, 0.2) is 12.4 Å². The van der Waals surface area contributed by atoms with Gasteiger partial charge in [0.2, 0.25) is 5.91 Å². The van der Waals surface area contributed by atoms with Crippen LogP contribution in [0.3, 0.4) is 0 Å². The minimum atomic E-state index is -0.499. The van der Waals surface area contributed by atoms with Crippen molar-refractivity contribution in [3.05, 3.63) is 65.4 Å². The van der Waals surface area contributed by atoms with Crippen molar-refractivity contribution in [2.75, 3.05) is 11.9 Å². The molecule has 0 aliphatic carbocycles. The number of fused-ring (bicyclic) bond motifs is 1. The molecule has 1 amide bonds. The molecule has 0 aliphatic rings. The van der Waals surface area contributed by atoms with Crippen LogP contribution in [-0.2, 0) is 20.7 Å². The van der Waals surface area contributed by atoms with Gasteiger partial charge in [0.1, 0.15) is 5.58 Å². The van der Waals surface area contributed by atoms with E-state index in [1.165, 1.54) is 13.2 Å². The summed E-state index contributed by atoms with van der Waals surface area (Å²) in [6, 6.07) is 12.1. The third-order valence-electron chi connectivity index (χ3n) is 4.04. The van der Waals surface area contributed by atoms with Gasteiger partial charge >= 0.3 is 5.97 Å². The highest BCUT2D eigenvalue weighted by Crippen LogP contribution is 2.23. The number of furan rings is 1. The van der Waals surface area contributed by atoms with Crippen LogP contribution in [-0.4, -0.2) is 24.3 Å². The summed E-state index contributed by atoms with van der Waals surface area (Å²) in [5.74, 6) is -1.00. The molecule has 1 heterocycles. The van der Waals surface area contributed by atoms with E-state index in [1.54, 1.807) is 24.3 Å². The third kappa shape index (κ3) is 4.61. The summed E-state index contributed by atoms with van der Waals surface area (Å²) in [6.45, 7) is 3.03. The van der Waals surface area contributed by atoms with Crippen molar-refractivity contribution in [3.63, 3.8) is 0 Å². The van der Waals surface area contributed by atoms with Crippen LogP contribution in [0.5, 0.6) is 0 Å². The Labute approximate surface area is 156 Å². The second kappa shape index (κ2) is 7.86. The van der Waals surface area contributed by atoms with Gasteiger partial charge in [-0.25, -0.2) is 0 Å². The van der Waals surface area contributed by atoms with Gasteiger partial charge in [-0.1, -0.05) is 12.1 Å². The molecular formula is C21H19NO5. The molecule has 3 aromatic rings. The number of amides is 1. The molecule has 0 bridgehead atoms. The van der Waals surface area contributed by atoms with Crippen LogP contribution in [0, 0.1) is 6.92 Å². The number of carbonyl (C=O) groups excluding carboxylic acids is 3. The Morgan fingerprint density at radius 2 is 1.81 bits per heavy atom. The quantitative estimate of drug-likeness (QED) is 0.532. The van der Waals surface area contributed by atoms with E-state index in [1.807, 2.05) is 25.1 Å². The van der Waals surface area contributed by atoms with Gasteiger partial charge in [0.05, 0.1) is 12.7 Å². The molecule has 0 saturated carbocycles. The summed E-state index contributed by atoms with van der Waals surface area (Å²) in [5, 5.41) is 3.48. The topological polar surface area (TPSA) is 85.6 Å². The lowest BCUT2D eigenvalue weighted by Crippen LogP contribution is -2.15. The first-order valence-electron chi connectivity index (χ1n) is 8.45. The van der Waals surface area contributed by atoms with Crippen LogP contribution in [0.15, 0.2) is 53.1 Å². The number of benzene rings is 2. The van der Waals surface area contributed by atoms with E-state index < -0.39 is 5.97 Å². The number of ketones is 1. The molecule has 0 atom stereocenters. The number of carbonyl (C=O) groups is 3. The first-order chi connectivity index (χ1) is 12.9. The summed E-state index contributed by atoms with van der Waals surface area (Å²) in [6.07, 6.45) is 1.57. The van der Waals surface area contributed by atoms with E-state index in [0.29, 0.717) is 16.8 Å². The lowest BCUT2D eigenvalue weighted by molar-refractivity contribution is -0.141. The molecule has 0 radical (unpaired) electrons. The molecule has 0 spiro atoms. The maximum Gasteiger partial charge on any atom is 0.310 e. The summed E-state index contributed by atoms with van der Waals surface area (Å²) >= 11 is 0. The number of nitrogens with one attached hydrogen (secondary N) is 1. The normalized spacial score (nSPS) is 10.6. The second-order valence-electron chi connectivity index (χ2n) is 6.28. The molecule has 0 saturated heterocycles. The maximum absolute atomic E-state index is 12.2. The number of hydrogen-bond donors (Lipinski definition) is 1. The molecule has 0 fully saturated rings. The highest BCUT2D eigenvalue weighted by atomic mass is 16.5. The van der Waals surface area contributed by atoms with Crippen LogP contribution in [0.2, 0.25) is 0 Å². The summed E-state index contributed by atoms with van der Waals surface area (Å²) < 4.78 is 10.6. The van der Waals surface area contributed by atoms with E-state index in [9.17, 15) is 14.4 Å². The Hall–Kier alpha value is -3.41. The highest BCUT2D eigenvalue weighted by Gasteiger charge is 2.14. The number of rotatable bonds is 6. The van der Waals surface area contributed by atoms with Gasteiger partial charge < -0.3 is 14.5 Å². The Morgan fingerprint density at radius 3 is 2.52 bits per heavy atom. The number of Topliss-reactive ketones (excluding diaryl/α,β-unsaturated/α-hetero) is 1. The lowest BCUT2D eigenvalue weighted by atomic mass is 10.1. The molecule has 1 aromatic heterocycles. The van der Waals surface area contributed by atoms with Crippen molar-refractivity contribution in [3.8, 4) is 0 Å². The first-order valence-corrected chi connectivity index (χ1v) is 8.45. The van der Waals surface area contributed by atoms with Gasteiger partial charge in [-0.05, 0) is 42.8 Å². The zero-order valence-corrected chi connectivity index (χ0v) is 15.1. The number of esters is 1. The predicted octanol–water partition coefficient (Wildman–Crippen LogP) is 3.67. The predicted molar refractivity (Wildman–Crippen MR) is 101 cm³/mol. The molecule has 138 valence electrons. The minimum absolute atomic E-state index is 0.0325. The van der Waals surface area contributed by atoms with Crippen molar-refractivity contribution in [2.45, 2.75) is 20.3 Å². The van der Waals surface area contributed by atoms with Crippen molar-refractivity contribution < 1.29 is 23.5 Å². The summed E-state index contributed by atoms with van der Waals surface area (Å²) in [4.78, 5) is 35.2. The van der Waals surface area contributed by atoms with Gasteiger partial charge in [-0.2, -0.15) is 0 Å².